The van der Waals surface area contributed by atoms with Crippen LogP contribution in [0.2, 0.25) is 5.02 Å². The number of esters is 1. The van der Waals surface area contributed by atoms with Gasteiger partial charge in [-0.2, -0.15) is 0 Å². The van der Waals surface area contributed by atoms with Crippen molar-refractivity contribution >= 4 is 23.5 Å². The van der Waals surface area contributed by atoms with E-state index in [2.05, 4.69) is 5.32 Å². The highest BCUT2D eigenvalue weighted by molar-refractivity contribution is 6.30. The van der Waals surface area contributed by atoms with E-state index in [1.54, 1.807) is 24.3 Å². The van der Waals surface area contributed by atoms with Gasteiger partial charge >= 0.3 is 5.97 Å². The zero-order valence-corrected chi connectivity index (χ0v) is 13.8. The molecule has 2 rings (SSSR count). The molecular formula is C17H22ClNO4. The van der Waals surface area contributed by atoms with Gasteiger partial charge in [-0.25, -0.2) is 4.79 Å². The van der Waals surface area contributed by atoms with Gasteiger partial charge in [0, 0.05) is 11.6 Å². The van der Waals surface area contributed by atoms with E-state index >= 15 is 0 Å². The summed E-state index contributed by atoms with van der Waals surface area (Å²) in [5.74, 6) is 0.230. The molecule has 1 fully saturated rings. The summed E-state index contributed by atoms with van der Waals surface area (Å²) in [5, 5.41) is 3.41. The number of benzene rings is 1. The highest BCUT2D eigenvalue weighted by Gasteiger charge is 2.15. The molecule has 0 unspecified atom stereocenters. The van der Waals surface area contributed by atoms with Crippen molar-refractivity contribution in [3.05, 3.63) is 29.3 Å². The SMILES string of the molecule is O=C(COC(=O)COc1ccc(Cl)cc1)NCC1CCCCC1. The van der Waals surface area contributed by atoms with Crippen LogP contribution in [0.5, 0.6) is 5.75 Å². The summed E-state index contributed by atoms with van der Waals surface area (Å²) in [6.07, 6.45) is 6.08. The second kappa shape index (κ2) is 9.40. The molecule has 0 atom stereocenters. The van der Waals surface area contributed by atoms with Crippen molar-refractivity contribution in [1.82, 2.24) is 5.32 Å². The predicted octanol–water partition coefficient (Wildman–Crippen LogP) is 2.96. The Kier molecular flexibility index (Phi) is 7.20. The second-order valence-corrected chi connectivity index (χ2v) is 6.15. The van der Waals surface area contributed by atoms with Crippen molar-refractivity contribution in [2.75, 3.05) is 19.8 Å². The zero-order chi connectivity index (χ0) is 16.5. The van der Waals surface area contributed by atoms with Gasteiger partial charge in [-0.05, 0) is 43.0 Å². The minimum atomic E-state index is -0.576. The lowest BCUT2D eigenvalue weighted by molar-refractivity contribution is -0.150. The number of ether oxygens (including phenoxy) is 2. The monoisotopic (exact) mass is 339 g/mol. The summed E-state index contributed by atoms with van der Waals surface area (Å²) in [6.45, 7) is 0.157. The summed E-state index contributed by atoms with van der Waals surface area (Å²) < 4.78 is 10.1. The molecule has 0 saturated heterocycles. The van der Waals surface area contributed by atoms with Crippen LogP contribution in [0, 0.1) is 5.92 Å². The molecule has 5 nitrogen and oxygen atoms in total. The summed E-state index contributed by atoms with van der Waals surface area (Å²) in [5.41, 5.74) is 0. The van der Waals surface area contributed by atoms with Crippen LogP contribution in [0.4, 0.5) is 0 Å². The molecule has 1 saturated carbocycles. The lowest BCUT2D eigenvalue weighted by Crippen LogP contribution is -2.34. The van der Waals surface area contributed by atoms with Crippen LogP contribution in [0.25, 0.3) is 0 Å². The Morgan fingerprint density at radius 1 is 1.09 bits per heavy atom. The first-order chi connectivity index (χ1) is 11.1. The van der Waals surface area contributed by atoms with Crippen molar-refractivity contribution in [3.63, 3.8) is 0 Å². The van der Waals surface area contributed by atoms with Crippen molar-refractivity contribution in [2.45, 2.75) is 32.1 Å². The van der Waals surface area contributed by atoms with E-state index in [4.69, 9.17) is 21.1 Å². The number of halogens is 1. The van der Waals surface area contributed by atoms with Crippen LogP contribution < -0.4 is 10.1 Å². The maximum absolute atomic E-state index is 11.7. The van der Waals surface area contributed by atoms with E-state index < -0.39 is 5.97 Å². The van der Waals surface area contributed by atoms with Crippen LogP contribution in [0.15, 0.2) is 24.3 Å². The third-order valence-electron chi connectivity index (χ3n) is 3.85. The Bertz CT molecular complexity index is 512. The second-order valence-electron chi connectivity index (χ2n) is 5.71. The largest absolute Gasteiger partial charge is 0.482 e. The van der Waals surface area contributed by atoms with Gasteiger partial charge in [0.15, 0.2) is 13.2 Å². The van der Waals surface area contributed by atoms with Gasteiger partial charge < -0.3 is 14.8 Å². The number of amides is 1. The Labute approximate surface area is 141 Å². The average Bonchev–Trinajstić information content (AvgIpc) is 2.58. The van der Waals surface area contributed by atoms with Gasteiger partial charge in [-0.1, -0.05) is 30.9 Å². The van der Waals surface area contributed by atoms with E-state index in [0.29, 0.717) is 23.2 Å². The Morgan fingerprint density at radius 2 is 1.78 bits per heavy atom. The molecule has 1 amide bonds. The summed E-state index contributed by atoms with van der Waals surface area (Å²) in [6, 6.07) is 6.65. The first-order valence-corrected chi connectivity index (χ1v) is 8.32. The number of nitrogens with one attached hydrogen (secondary N) is 1. The number of rotatable bonds is 7. The molecule has 126 valence electrons. The van der Waals surface area contributed by atoms with Gasteiger partial charge in [0.1, 0.15) is 5.75 Å². The first-order valence-electron chi connectivity index (χ1n) is 7.94. The van der Waals surface area contributed by atoms with E-state index in [-0.39, 0.29) is 19.1 Å². The normalized spacial score (nSPS) is 15.0. The van der Waals surface area contributed by atoms with Crippen LogP contribution in [0.1, 0.15) is 32.1 Å². The van der Waals surface area contributed by atoms with Crippen LogP contribution in [-0.4, -0.2) is 31.6 Å². The molecule has 0 aliphatic heterocycles. The third kappa shape index (κ3) is 6.91. The molecule has 1 aliphatic rings. The smallest absolute Gasteiger partial charge is 0.344 e. The molecule has 1 N–H and O–H groups in total. The quantitative estimate of drug-likeness (QED) is 0.776. The number of hydrogen-bond donors (Lipinski definition) is 1. The highest BCUT2D eigenvalue weighted by Crippen LogP contribution is 2.22. The van der Waals surface area contributed by atoms with Crippen LogP contribution >= 0.6 is 11.6 Å². The maximum Gasteiger partial charge on any atom is 0.344 e. The van der Waals surface area contributed by atoms with Gasteiger partial charge in [0.2, 0.25) is 0 Å². The van der Waals surface area contributed by atoms with Crippen molar-refractivity contribution < 1.29 is 19.1 Å². The molecule has 0 aromatic heterocycles. The maximum atomic E-state index is 11.7. The van der Waals surface area contributed by atoms with E-state index in [9.17, 15) is 9.59 Å². The van der Waals surface area contributed by atoms with Crippen molar-refractivity contribution in [3.8, 4) is 5.75 Å². The minimum Gasteiger partial charge on any atom is -0.482 e. The Balaban J connectivity index is 1.57. The molecule has 0 heterocycles. The van der Waals surface area contributed by atoms with E-state index in [0.717, 1.165) is 12.8 Å². The predicted molar refractivity (Wildman–Crippen MR) is 87.5 cm³/mol. The molecule has 0 bridgehead atoms. The molecule has 1 aromatic rings. The fourth-order valence-electron chi connectivity index (χ4n) is 2.56. The summed E-state index contributed by atoms with van der Waals surface area (Å²) in [4.78, 5) is 23.2. The van der Waals surface area contributed by atoms with E-state index in [1.807, 2.05) is 0 Å². The van der Waals surface area contributed by atoms with Gasteiger partial charge in [-0.15, -0.1) is 0 Å². The van der Waals surface area contributed by atoms with Crippen LogP contribution in [-0.2, 0) is 14.3 Å². The molecule has 23 heavy (non-hydrogen) atoms. The molecule has 6 heteroatoms. The number of carbonyl (C=O) groups excluding carboxylic acids is 2. The molecule has 0 spiro atoms. The fraction of sp³-hybridized carbons (Fsp3) is 0.529. The lowest BCUT2D eigenvalue weighted by Gasteiger charge is -2.21. The Morgan fingerprint density at radius 3 is 2.48 bits per heavy atom. The molecule has 1 aromatic carbocycles. The molecule has 0 radical (unpaired) electrons. The van der Waals surface area contributed by atoms with Gasteiger partial charge in [0.25, 0.3) is 5.91 Å². The minimum absolute atomic E-state index is 0.239. The standard InChI is InChI=1S/C17H22ClNO4/c18-14-6-8-15(9-7-14)22-12-17(21)23-11-16(20)19-10-13-4-2-1-3-5-13/h6-9,13H,1-5,10-12H2,(H,19,20). The number of carbonyl (C=O) groups is 2. The number of hydrogen-bond acceptors (Lipinski definition) is 4. The van der Waals surface area contributed by atoms with E-state index in [1.165, 1.54) is 19.3 Å². The third-order valence-corrected chi connectivity index (χ3v) is 4.10. The summed E-state index contributed by atoms with van der Waals surface area (Å²) in [7, 11) is 0. The Hall–Kier alpha value is -1.75. The van der Waals surface area contributed by atoms with Gasteiger partial charge in [-0.3, -0.25) is 4.79 Å². The topological polar surface area (TPSA) is 64.6 Å². The first kappa shape index (κ1) is 17.6. The molecular weight excluding hydrogens is 318 g/mol. The highest BCUT2D eigenvalue weighted by atomic mass is 35.5. The van der Waals surface area contributed by atoms with Gasteiger partial charge in [0.05, 0.1) is 0 Å². The van der Waals surface area contributed by atoms with Crippen LogP contribution in [0.3, 0.4) is 0 Å². The molecule has 1 aliphatic carbocycles. The zero-order valence-electron chi connectivity index (χ0n) is 13.1. The average molecular weight is 340 g/mol. The van der Waals surface area contributed by atoms with Crippen molar-refractivity contribution in [2.24, 2.45) is 5.92 Å². The fourth-order valence-corrected chi connectivity index (χ4v) is 2.69. The summed E-state index contributed by atoms with van der Waals surface area (Å²) >= 11 is 5.75. The van der Waals surface area contributed by atoms with Crippen molar-refractivity contribution in [1.29, 1.82) is 0 Å². The lowest BCUT2D eigenvalue weighted by atomic mass is 9.89.